The Morgan fingerprint density at radius 3 is 2.42 bits per heavy atom. The normalized spacial score (nSPS) is 11.2. The topological polar surface area (TPSA) is 57.8 Å². The highest BCUT2D eigenvalue weighted by Gasteiger charge is 2.13. The van der Waals surface area contributed by atoms with Crippen molar-refractivity contribution in [1.29, 1.82) is 0 Å². The molecule has 3 aromatic heterocycles. The minimum absolute atomic E-state index is 0.414. The molecule has 0 aliphatic carbocycles. The Kier molecular flexibility index (Phi) is 4.96. The third-order valence-electron chi connectivity index (χ3n) is 5.45. The molecule has 0 amide bonds. The molecular formula is C25H23N5O. The van der Waals surface area contributed by atoms with E-state index in [1.54, 1.807) is 12.4 Å². The Morgan fingerprint density at radius 2 is 1.68 bits per heavy atom. The molecular weight excluding hydrogens is 386 g/mol. The molecule has 0 radical (unpaired) electrons. The van der Waals surface area contributed by atoms with Gasteiger partial charge in [-0.1, -0.05) is 12.1 Å². The summed E-state index contributed by atoms with van der Waals surface area (Å²) < 4.78 is 10.0. The number of para-hydroxylation sites is 2. The van der Waals surface area contributed by atoms with Crippen molar-refractivity contribution in [2.45, 2.75) is 20.1 Å². The van der Waals surface area contributed by atoms with Gasteiger partial charge in [0, 0.05) is 43.3 Å². The first-order chi connectivity index (χ1) is 15.2. The predicted molar refractivity (Wildman–Crippen MR) is 122 cm³/mol. The molecule has 2 aromatic carbocycles. The van der Waals surface area contributed by atoms with Gasteiger partial charge in [-0.2, -0.15) is 5.10 Å². The van der Waals surface area contributed by atoms with Crippen molar-refractivity contribution < 1.29 is 4.74 Å². The molecule has 0 atom stereocenters. The number of imidazole rings is 1. The average molecular weight is 409 g/mol. The molecule has 0 fully saturated rings. The monoisotopic (exact) mass is 409 g/mol. The van der Waals surface area contributed by atoms with E-state index in [0.717, 1.165) is 51.5 Å². The summed E-state index contributed by atoms with van der Waals surface area (Å²) in [6.07, 6.45) is 5.70. The lowest BCUT2D eigenvalue weighted by Crippen LogP contribution is -2.03. The zero-order valence-electron chi connectivity index (χ0n) is 17.6. The third kappa shape index (κ3) is 3.68. The maximum atomic E-state index is 6.02. The summed E-state index contributed by atoms with van der Waals surface area (Å²) in [4.78, 5) is 8.80. The van der Waals surface area contributed by atoms with E-state index in [0.29, 0.717) is 6.61 Å². The lowest BCUT2D eigenvalue weighted by molar-refractivity contribution is 0.292. The van der Waals surface area contributed by atoms with Crippen molar-refractivity contribution in [3.63, 3.8) is 0 Å². The highest BCUT2D eigenvalue weighted by Crippen LogP contribution is 2.31. The van der Waals surface area contributed by atoms with Crippen LogP contribution in [0.3, 0.4) is 0 Å². The van der Waals surface area contributed by atoms with Crippen LogP contribution in [0.5, 0.6) is 5.75 Å². The van der Waals surface area contributed by atoms with Gasteiger partial charge in [0.05, 0.1) is 11.0 Å². The molecule has 0 N–H and O–H groups in total. The fourth-order valence-corrected chi connectivity index (χ4v) is 3.72. The molecule has 154 valence electrons. The van der Waals surface area contributed by atoms with Crippen molar-refractivity contribution >= 4 is 11.0 Å². The van der Waals surface area contributed by atoms with Crippen molar-refractivity contribution in [2.75, 3.05) is 0 Å². The molecule has 5 rings (SSSR count). The number of hydrogen-bond acceptors (Lipinski definition) is 4. The summed E-state index contributed by atoms with van der Waals surface area (Å²) in [5.74, 6) is 1.70. The SMILES string of the molecule is CCn1cc(-c2ccncc2)c(-c2ccc(OCc3nc4ccccc4n3C)cc2)n1. The van der Waals surface area contributed by atoms with Gasteiger partial charge in [0.2, 0.25) is 0 Å². The highest BCUT2D eigenvalue weighted by molar-refractivity contribution is 5.80. The molecule has 5 aromatic rings. The first-order valence-electron chi connectivity index (χ1n) is 10.3. The van der Waals surface area contributed by atoms with E-state index in [-0.39, 0.29) is 0 Å². The Hall–Kier alpha value is -3.93. The molecule has 3 heterocycles. The van der Waals surface area contributed by atoms with Gasteiger partial charge in [0.25, 0.3) is 0 Å². The van der Waals surface area contributed by atoms with E-state index in [1.807, 2.05) is 54.2 Å². The van der Waals surface area contributed by atoms with E-state index in [9.17, 15) is 0 Å². The van der Waals surface area contributed by atoms with Crippen LogP contribution in [0.4, 0.5) is 0 Å². The molecule has 0 unspecified atom stereocenters. The van der Waals surface area contributed by atoms with E-state index < -0.39 is 0 Å². The smallest absolute Gasteiger partial charge is 0.147 e. The van der Waals surface area contributed by atoms with Crippen LogP contribution in [-0.4, -0.2) is 24.3 Å². The van der Waals surface area contributed by atoms with Crippen LogP contribution in [0.1, 0.15) is 12.7 Å². The van der Waals surface area contributed by atoms with E-state index in [2.05, 4.69) is 45.9 Å². The number of aromatic nitrogens is 5. The number of pyridine rings is 1. The molecule has 0 saturated carbocycles. The molecule has 6 nitrogen and oxygen atoms in total. The van der Waals surface area contributed by atoms with E-state index >= 15 is 0 Å². The fourth-order valence-electron chi connectivity index (χ4n) is 3.72. The zero-order valence-corrected chi connectivity index (χ0v) is 17.6. The quantitative estimate of drug-likeness (QED) is 0.392. The summed E-state index contributed by atoms with van der Waals surface area (Å²) in [7, 11) is 2.02. The Balaban J connectivity index is 1.38. The van der Waals surface area contributed by atoms with Gasteiger partial charge in [0.15, 0.2) is 0 Å². The maximum absolute atomic E-state index is 6.02. The number of aryl methyl sites for hydroxylation is 2. The molecule has 0 aliphatic heterocycles. The van der Waals surface area contributed by atoms with Crippen molar-refractivity contribution in [1.82, 2.24) is 24.3 Å². The first-order valence-corrected chi connectivity index (χ1v) is 10.3. The van der Waals surface area contributed by atoms with Crippen molar-refractivity contribution in [3.05, 3.63) is 85.1 Å². The van der Waals surface area contributed by atoms with Crippen LogP contribution >= 0.6 is 0 Å². The maximum Gasteiger partial charge on any atom is 0.147 e. The van der Waals surface area contributed by atoms with Crippen LogP contribution in [0.2, 0.25) is 0 Å². The van der Waals surface area contributed by atoms with Crippen molar-refractivity contribution in [3.8, 4) is 28.1 Å². The van der Waals surface area contributed by atoms with Gasteiger partial charge in [-0.15, -0.1) is 0 Å². The highest BCUT2D eigenvalue weighted by atomic mass is 16.5. The zero-order chi connectivity index (χ0) is 21.2. The van der Waals surface area contributed by atoms with Crippen LogP contribution in [0, 0.1) is 0 Å². The predicted octanol–water partition coefficient (Wildman–Crippen LogP) is 5.10. The average Bonchev–Trinajstić information content (AvgIpc) is 3.40. The lowest BCUT2D eigenvalue weighted by atomic mass is 10.0. The summed E-state index contributed by atoms with van der Waals surface area (Å²) in [5.41, 5.74) is 6.29. The van der Waals surface area contributed by atoms with Gasteiger partial charge in [0.1, 0.15) is 23.9 Å². The van der Waals surface area contributed by atoms with Crippen LogP contribution < -0.4 is 4.74 Å². The Labute approximate surface area is 180 Å². The van der Waals surface area contributed by atoms with E-state index in [1.165, 1.54) is 0 Å². The van der Waals surface area contributed by atoms with Crippen LogP contribution in [0.15, 0.2) is 79.3 Å². The number of benzene rings is 2. The number of fused-ring (bicyclic) bond motifs is 1. The summed E-state index contributed by atoms with van der Waals surface area (Å²) in [6, 6.07) is 20.2. The number of hydrogen-bond donors (Lipinski definition) is 0. The standard InChI is InChI=1S/C25H23N5O/c1-3-30-16-21(18-12-14-26-15-13-18)25(28-30)19-8-10-20(11-9-19)31-17-24-27-22-6-4-5-7-23(22)29(24)2/h4-16H,3,17H2,1-2H3. The lowest BCUT2D eigenvalue weighted by Gasteiger charge is -2.08. The first kappa shape index (κ1) is 19.1. The minimum Gasteiger partial charge on any atom is -0.486 e. The Bertz CT molecular complexity index is 1320. The van der Waals surface area contributed by atoms with Gasteiger partial charge >= 0.3 is 0 Å². The van der Waals surface area contributed by atoms with Gasteiger partial charge < -0.3 is 9.30 Å². The summed E-state index contributed by atoms with van der Waals surface area (Å²) in [5, 5.41) is 4.78. The van der Waals surface area contributed by atoms with Gasteiger partial charge in [-0.3, -0.25) is 9.67 Å². The van der Waals surface area contributed by atoms with Crippen molar-refractivity contribution in [2.24, 2.45) is 7.05 Å². The second-order valence-corrected chi connectivity index (χ2v) is 7.37. The molecule has 0 saturated heterocycles. The van der Waals surface area contributed by atoms with Gasteiger partial charge in [-0.05, 0) is 61.0 Å². The fraction of sp³-hybridized carbons (Fsp3) is 0.160. The number of nitrogens with zero attached hydrogens (tertiary/aromatic N) is 5. The Morgan fingerprint density at radius 1 is 0.903 bits per heavy atom. The van der Waals surface area contributed by atoms with Crippen LogP contribution in [-0.2, 0) is 20.2 Å². The number of rotatable bonds is 6. The molecule has 31 heavy (non-hydrogen) atoms. The second kappa shape index (κ2) is 8.07. The largest absolute Gasteiger partial charge is 0.486 e. The molecule has 0 spiro atoms. The summed E-state index contributed by atoms with van der Waals surface area (Å²) in [6.45, 7) is 3.32. The van der Waals surface area contributed by atoms with Crippen LogP contribution in [0.25, 0.3) is 33.4 Å². The third-order valence-corrected chi connectivity index (χ3v) is 5.45. The number of ether oxygens (including phenoxy) is 1. The second-order valence-electron chi connectivity index (χ2n) is 7.37. The minimum atomic E-state index is 0.414. The summed E-state index contributed by atoms with van der Waals surface area (Å²) >= 11 is 0. The molecule has 0 aliphatic rings. The molecule has 6 heteroatoms. The molecule has 0 bridgehead atoms. The van der Waals surface area contributed by atoms with E-state index in [4.69, 9.17) is 9.84 Å². The van der Waals surface area contributed by atoms with Gasteiger partial charge in [-0.25, -0.2) is 4.98 Å².